The quantitative estimate of drug-likeness (QED) is 0.719. The largest absolute Gasteiger partial charge is 0.356 e. The molecule has 5 heterocycles. The maximum Gasteiger partial charge on any atom is 0.248 e. The highest BCUT2D eigenvalue weighted by molar-refractivity contribution is 7.18. The maximum atomic E-state index is 11.6. The van der Waals surface area contributed by atoms with Crippen LogP contribution >= 0.6 is 11.3 Å². The minimum Gasteiger partial charge on any atom is -0.356 e. The van der Waals surface area contributed by atoms with Crippen LogP contribution in [-0.4, -0.2) is 46.3 Å². The van der Waals surface area contributed by atoms with Crippen LogP contribution in [0, 0.1) is 13.8 Å². The fourth-order valence-corrected chi connectivity index (χ4v) is 4.98. The van der Waals surface area contributed by atoms with Gasteiger partial charge in [0.25, 0.3) is 0 Å². The highest BCUT2D eigenvalue weighted by Gasteiger charge is 2.42. The lowest BCUT2D eigenvalue weighted by molar-refractivity contribution is -0.119. The average Bonchev–Trinajstić information content (AvgIpc) is 3.22. The maximum absolute atomic E-state index is 11.6. The number of aromatic nitrogens is 3. The number of pyridine rings is 1. The minimum atomic E-state index is -0.508. The zero-order valence-corrected chi connectivity index (χ0v) is 16.7. The highest BCUT2D eigenvalue weighted by Crippen LogP contribution is 2.38. The van der Waals surface area contributed by atoms with Crippen LogP contribution in [0.25, 0.3) is 21.6 Å². The van der Waals surface area contributed by atoms with E-state index in [4.69, 9.17) is 14.7 Å². The van der Waals surface area contributed by atoms with Gasteiger partial charge in [0, 0.05) is 48.8 Å². The number of piperidine rings is 1. The van der Waals surface area contributed by atoms with E-state index in [1.54, 1.807) is 23.7 Å². The van der Waals surface area contributed by atoms with E-state index in [1.165, 1.54) is 10.4 Å². The Morgan fingerprint density at radius 2 is 2.07 bits per heavy atom. The molecule has 1 spiro atoms. The summed E-state index contributed by atoms with van der Waals surface area (Å²) < 4.78 is 5.76. The van der Waals surface area contributed by atoms with Crippen LogP contribution in [0.3, 0.4) is 0 Å². The molecule has 3 aromatic heterocycles. The summed E-state index contributed by atoms with van der Waals surface area (Å²) in [6.07, 6.45) is 5.04. The molecule has 1 N–H and O–H groups in total. The van der Waals surface area contributed by atoms with E-state index in [-0.39, 0.29) is 12.5 Å². The third-order valence-corrected chi connectivity index (χ3v) is 6.75. The van der Waals surface area contributed by atoms with E-state index < -0.39 is 5.72 Å². The molecule has 0 radical (unpaired) electrons. The van der Waals surface area contributed by atoms with Gasteiger partial charge in [-0.25, -0.2) is 9.97 Å². The minimum absolute atomic E-state index is 0.0268. The van der Waals surface area contributed by atoms with Crippen LogP contribution in [0.5, 0.6) is 0 Å². The Balaban J connectivity index is 1.55. The molecule has 0 bridgehead atoms. The van der Waals surface area contributed by atoms with Crippen molar-refractivity contribution in [2.75, 3.05) is 24.6 Å². The lowest BCUT2D eigenvalue weighted by Gasteiger charge is -2.39. The Labute approximate surface area is 166 Å². The van der Waals surface area contributed by atoms with E-state index in [1.807, 2.05) is 12.1 Å². The number of hydrogen-bond donors (Lipinski definition) is 1. The van der Waals surface area contributed by atoms with Crippen molar-refractivity contribution in [3.8, 4) is 11.4 Å². The Bertz CT molecular complexity index is 1060. The first-order valence-electron chi connectivity index (χ1n) is 9.43. The molecule has 2 saturated heterocycles. The number of carbonyl (C=O) groups is 1. The van der Waals surface area contributed by atoms with E-state index in [0.717, 1.165) is 47.5 Å². The van der Waals surface area contributed by atoms with E-state index in [9.17, 15) is 4.79 Å². The number of nitrogens with one attached hydrogen (secondary N) is 1. The Morgan fingerprint density at radius 3 is 2.75 bits per heavy atom. The number of carbonyl (C=O) groups excluding carboxylic acids is 1. The first-order chi connectivity index (χ1) is 13.5. The second kappa shape index (κ2) is 6.49. The third kappa shape index (κ3) is 2.84. The summed E-state index contributed by atoms with van der Waals surface area (Å²) in [5, 5.41) is 4.13. The van der Waals surface area contributed by atoms with Crippen molar-refractivity contribution in [3.63, 3.8) is 0 Å². The van der Waals surface area contributed by atoms with Crippen molar-refractivity contribution in [1.29, 1.82) is 0 Å². The molecule has 0 unspecified atom stereocenters. The van der Waals surface area contributed by atoms with Crippen LogP contribution in [0.15, 0.2) is 24.5 Å². The predicted octanol–water partition coefficient (Wildman–Crippen LogP) is 2.81. The summed E-state index contributed by atoms with van der Waals surface area (Å²) in [6.45, 7) is 5.96. The van der Waals surface area contributed by atoms with Crippen molar-refractivity contribution >= 4 is 33.3 Å². The summed E-state index contributed by atoms with van der Waals surface area (Å²) in [4.78, 5) is 30.2. The zero-order valence-electron chi connectivity index (χ0n) is 15.9. The lowest BCUT2D eigenvalue weighted by Crippen LogP contribution is -2.52. The van der Waals surface area contributed by atoms with Gasteiger partial charge in [0.2, 0.25) is 5.91 Å². The molecular weight excluding hydrogens is 374 g/mol. The number of thiophene rings is 1. The van der Waals surface area contributed by atoms with Crippen LogP contribution < -0.4 is 10.2 Å². The number of rotatable bonds is 2. The number of hydrogen-bond acceptors (Lipinski definition) is 7. The summed E-state index contributed by atoms with van der Waals surface area (Å²) in [5.41, 5.74) is 1.64. The molecule has 144 valence electrons. The van der Waals surface area contributed by atoms with Gasteiger partial charge >= 0.3 is 0 Å². The van der Waals surface area contributed by atoms with E-state index >= 15 is 0 Å². The predicted molar refractivity (Wildman–Crippen MR) is 108 cm³/mol. The lowest BCUT2D eigenvalue weighted by atomic mass is 10.0. The van der Waals surface area contributed by atoms with E-state index in [2.05, 4.69) is 29.0 Å². The van der Waals surface area contributed by atoms with Crippen LogP contribution in [0.4, 0.5) is 5.82 Å². The average molecular weight is 395 g/mol. The first kappa shape index (κ1) is 17.5. The molecule has 2 aliphatic rings. The number of amides is 1. The summed E-state index contributed by atoms with van der Waals surface area (Å²) in [5.74, 6) is 1.63. The van der Waals surface area contributed by atoms with Gasteiger partial charge in [-0.1, -0.05) is 0 Å². The monoisotopic (exact) mass is 395 g/mol. The Morgan fingerprint density at radius 1 is 1.25 bits per heavy atom. The molecule has 3 aromatic rings. The second-order valence-electron chi connectivity index (χ2n) is 7.39. The zero-order chi connectivity index (χ0) is 19.3. The molecule has 7 nitrogen and oxygen atoms in total. The summed E-state index contributed by atoms with van der Waals surface area (Å²) >= 11 is 1.70. The molecule has 0 aromatic carbocycles. The second-order valence-corrected chi connectivity index (χ2v) is 8.60. The molecule has 0 saturated carbocycles. The fraction of sp³-hybridized carbons (Fsp3) is 0.400. The summed E-state index contributed by atoms with van der Waals surface area (Å²) in [6, 6.07) is 3.89. The molecule has 28 heavy (non-hydrogen) atoms. The van der Waals surface area contributed by atoms with Crippen molar-refractivity contribution in [3.05, 3.63) is 35.0 Å². The fourth-order valence-electron chi connectivity index (χ4n) is 3.96. The molecule has 5 rings (SSSR count). The molecule has 2 aliphatic heterocycles. The van der Waals surface area contributed by atoms with Gasteiger partial charge in [-0.05, 0) is 31.5 Å². The molecule has 1 amide bonds. The third-order valence-electron chi connectivity index (χ3n) is 5.65. The van der Waals surface area contributed by atoms with Crippen molar-refractivity contribution in [1.82, 2.24) is 20.3 Å². The molecule has 0 aliphatic carbocycles. The van der Waals surface area contributed by atoms with Gasteiger partial charge in [0.15, 0.2) is 5.82 Å². The van der Waals surface area contributed by atoms with Gasteiger partial charge < -0.3 is 15.0 Å². The number of nitrogens with zero attached hydrogens (tertiary/aromatic N) is 4. The first-order valence-corrected chi connectivity index (χ1v) is 10.2. The van der Waals surface area contributed by atoms with Crippen LogP contribution in [0.2, 0.25) is 0 Å². The van der Waals surface area contributed by atoms with Gasteiger partial charge in [-0.3, -0.25) is 9.78 Å². The van der Waals surface area contributed by atoms with E-state index in [0.29, 0.717) is 5.82 Å². The van der Waals surface area contributed by atoms with Crippen molar-refractivity contribution < 1.29 is 9.53 Å². The van der Waals surface area contributed by atoms with Crippen LogP contribution in [0.1, 0.15) is 23.3 Å². The number of fused-ring (bicyclic) bond motifs is 1. The highest BCUT2D eigenvalue weighted by atomic mass is 32.1. The van der Waals surface area contributed by atoms with Gasteiger partial charge in [-0.2, -0.15) is 0 Å². The van der Waals surface area contributed by atoms with Crippen LogP contribution in [-0.2, 0) is 9.53 Å². The smallest absolute Gasteiger partial charge is 0.248 e. The molecule has 2 fully saturated rings. The molecule has 8 heteroatoms. The SMILES string of the molecule is Cc1sc2nc(-c3cccnc3)nc(N3CCC4(CC3)NC(=O)CO4)c2c1C. The number of anilines is 1. The van der Waals surface area contributed by atoms with Crippen molar-refractivity contribution in [2.24, 2.45) is 0 Å². The number of ether oxygens (including phenoxy) is 1. The molecular formula is C20H21N5O2S. The van der Waals surface area contributed by atoms with Gasteiger partial charge in [0.05, 0.1) is 5.39 Å². The topological polar surface area (TPSA) is 80.2 Å². The normalized spacial score (nSPS) is 18.8. The van der Waals surface area contributed by atoms with Gasteiger partial charge in [0.1, 0.15) is 23.0 Å². The Hall–Kier alpha value is -2.58. The molecule has 0 atom stereocenters. The van der Waals surface area contributed by atoms with Crippen molar-refractivity contribution in [2.45, 2.75) is 32.4 Å². The Kier molecular flexibility index (Phi) is 4.06. The number of aryl methyl sites for hydroxylation is 2. The standard InChI is InChI=1S/C20H21N5O2S/c1-12-13(2)28-19-16(12)18(22-17(23-19)14-4-3-7-21-10-14)25-8-5-20(6-9-25)24-15(26)11-27-20/h3-4,7,10H,5-6,8-9,11H2,1-2H3,(H,24,26). The summed E-state index contributed by atoms with van der Waals surface area (Å²) in [7, 11) is 0. The van der Waals surface area contributed by atoms with Gasteiger partial charge in [-0.15, -0.1) is 11.3 Å².